The van der Waals surface area contributed by atoms with E-state index in [0.717, 1.165) is 17.2 Å². The number of hydrogen-bond donors (Lipinski definition) is 0. The summed E-state index contributed by atoms with van der Waals surface area (Å²) in [4.78, 5) is 0.308. The van der Waals surface area contributed by atoms with E-state index in [9.17, 15) is 0 Å². The fourth-order valence-electron chi connectivity index (χ4n) is 2.33. The first-order valence-electron chi connectivity index (χ1n) is 6.07. The van der Waals surface area contributed by atoms with Gasteiger partial charge in [-0.25, -0.2) is 0 Å². The monoisotopic (exact) mass is 314 g/mol. The fourth-order valence-corrected chi connectivity index (χ4v) is 3.43. The largest absolute Gasteiger partial charge is 0.493 e. The van der Waals surface area contributed by atoms with Gasteiger partial charge in [0.25, 0.3) is 0 Å². The number of methoxy groups -OCH3 is 3. The van der Waals surface area contributed by atoms with E-state index in [1.165, 1.54) is 6.42 Å². The van der Waals surface area contributed by atoms with Gasteiger partial charge in [0, 0.05) is 10.4 Å². The summed E-state index contributed by atoms with van der Waals surface area (Å²) < 4.78 is 16.2. The van der Waals surface area contributed by atoms with Gasteiger partial charge in [0.15, 0.2) is 11.5 Å². The zero-order valence-corrected chi connectivity index (χ0v) is 12.8. The van der Waals surface area contributed by atoms with Crippen LogP contribution in [0.15, 0.2) is 12.1 Å². The van der Waals surface area contributed by atoms with Crippen LogP contribution in [-0.4, -0.2) is 21.3 Å². The van der Waals surface area contributed by atoms with Crippen molar-refractivity contribution in [3.63, 3.8) is 0 Å². The van der Waals surface area contributed by atoms with Crippen molar-refractivity contribution in [2.45, 2.75) is 18.2 Å². The molecule has 0 saturated heterocycles. The van der Waals surface area contributed by atoms with Crippen LogP contribution in [0.3, 0.4) is 0 Å². The minimum Gasteiger partial charge on any atom is -0.493 e. The third kappa shape index (κ3) is 2.30. The second-order valence-corrected chi connectivity index (χ2v) is 5.69. The maximum absolute atomic E-state index is 5.51. The molecule has 0 heterocycles. The molecule has 2 rings (SSSR count). The molecular weight excluding hydrogens is 296 g/mol. The zero-order chi connectivity index (χ0) is 13.3. The molecule has 1 saturated carbocycles. The molecule has 0 aromatic heterocycles. The summed E-state index contributed by atoms with van der Waals surface area (Å²) in [5.74, 6) is 3.57. The molecule has 0 spiro atoms. The molecular formula is C14H19BrO3. The molecule has 1 aromatic rings. The van der Waals surface area contributed by atoms with E-state index >= 15 is 0 Å². The average molecular weight is 315 g/mol. The number of benzene rings is 1. The van der Waals surface area contributed by atoms with Crippen LogP contribution in [0.1, 0.15) is 23.7 Å². The normalized spacial score (nSPS) is 23.4. The summed E-state index contributed by atoms with van der Waals surface area (Å²) in [6, 6.07) is 3.97. The van der Waals surface area contributed by atoms with Crippen LogP contribution in [0.4, 0.5) is 0 Å². The lowest BCUT2D eigenvalue weighted by Gasteiger charge is -2.18. The number of halogens is 1. The Hall–Kier alpha value is -0.900. The average Bonchev–Trinajstić information content (AvgIpc) is 3.12. The molecule has 1 aliphatic carbocycles. The van der Waals surface area contributed by atoms with Gasteiger partial charge in [0.05, 0.1) is 21.3 Å². The number of rotatable bonds is 5. The van der Waals surface area contributed by atoms with Crippen LogP contribution in [-0.2, 0) is 0 Å². The molecule has 3 atom stereocenters. The second kappa shape index (κ2) is 5.39. The molecule has 3 nitrogen and oxygen atoms in total. The lowest BCUT2D eigenvalue weighted by atomic mass is 10.1. The van der Waals surface area contributed by atoms with Crippen molar-refractivity contribution >= 4 is 15.9 Å². The Balaban J connectivity index is 2.41. The summed E-state index contributed by atoms with van der Waals surface area (Å²) >= 11 is 3.78. The molecule has 0 bridgehead atoms. The van der Waals surface area contributed by atoms with Gasteiger partial charge in [-0.3, -0.25) is 0 Å². The summed E-state index contributed by atoms with van der Waals surface area (Å²) in [7, 11) is 4.93. The quantitative estimate of drug-likeness (QED) is 0.774. The van der Waals surface area contributed by atoms with Crippen molar-refractivity contribution in [3.05, 3.63) is 17.7 Å². The smallest absolute Gasteiger partial charge is 0.203 e. The van der Waals surface area contributed by atoms with Crippen LogP contribution >= 0.6 is 15.9 Å². The maximum Gasteiger partial charge on any atom is 0.203 e. The van der Waals surface area contributed by atoms with Crippen molar-refractivity contribution in [2.24, 2.45) is 11.8 Å². The lowest BCUT2D eigenvalue weighted by Crippen LogP contribution is -2.02. The highest BCUT2D eigenvalue weighted by Crippen LogP contribution is 2.55. The summed E-state index contributed by atoms with van der Waals surface area (Å²) in [6.07, 6.45) is 1.26. The minimum atomic E-state index is 0.308. The van der Waals surface area contributed by atoms with Gasteiger partial charge in [-0.15, -0.1) is 0 Å². The van der Waals surface area contributed by atoms with Gasteiger partial charge < -0.3 is 14.2 Å². The van der Waals surface area contributed by atoms with E-state index in [0.29, 0.717) is 22.2 Å². The minimum absolute atomic E-state index is 0.308. The van der Waals surface area contributed by atoms with Gasteiger partial charge in [0.2, 0.25) is 5.75 Å². The highest BCUT2D eigenvalue weighted by atomic mass is 79.9. The van der Waals surface area contributed by atoms with E-state index in [2.05, 4.69) is 22.9 Å². The van der Waals surface area contributed by atoms with Crippen molar-refractivity contribution in [3.8, 4) is 17.2 Å². The summed E-state index contributed by atoms with van der Waals surface area (Å²) in [6.45, 7) is 2.27. The molecule has 0 aliphatic heterocycles. The van der Waals surface area contributed by atoms with E-state index in [-0.39, 0.29) is 0 Å². The Morgan fingerprint density at radius 2 is 1.72 bits per heavy atom. The topological polar surface area (TPSA) is 27.7 Å². The van der Waals surface area contributed by atoms with Crippen molar-refractivity contribution in [1.29, 1.82) is 0 Å². The zero-order valence-electron chi connectivity index (χ0n) is 11.2. The lowest BCUT2D eigenvalue weighted by molar-refractivity contribution is 0.321. The molecule has 4 heteroatoms. The summed E-state index contributed by atoms with van der Waals surface area (Å²) in [5, 5.41) is 0. The third-order valence-electron chi connectivity index (χ3n) is 3.58. The van der Waals surface area contributed by atoms with Gasteiger partial charge >= 0.3 is 0 Å². The Morgan fingerprint density at radius 1 is 1.11 bits per heavy atom. The highest BCUT2D eigenvalue weighted by Gasteiger charge is 2.40. The van der Waals surface area contributed by atoms with E-state index in [1.54, 1.807) is 21.3 Å². The predicted molar refractivity (Wildman–Crippen MR) is 75.0 cm³/mol. The molecule has 18 heavy (non-hydrogen) atoms. The van der Waals surface area contributed by atoms with Crippen molar-refractivity contribution in [1.82, 2.24) is 0 Å². The third-order valence-corrected chi connectivity index (χ3v) is 4.75. The van der Waals surface area contributed by atoms with Crippen LogP contribution in [0.2, 0.25) is 0 Å². The number of ether oxygens (including phenoxy) is 3. The first-order chi connectivity index (χ1) is 8.63. The molecule has 1 fully saturated rings. The fraction of sp³-hybridized carbons (Fsp3) is 0.571. The number of alkyl halides is 1. The van der Waals surface area contributed by atoms with Crippen molar-refractivity contribution < 1.29 is 14.2 Å². The molecule has 1 aromatic carbocycles. The van der Waals surface area contributed by atoms with Gasteiger partial charge in [-0.05, 0) is 24.3 Å². The molecule has 3 unspecified atom stereocenters. The SMILES string of the molecule is COc1ccc(C(Br)C2CC2C)c(OC)c1OC. The summed E-state index contributed by atoms with van der Waals surface area (Å²) in [5.41, 5.74) is 1.13. The predicted octanol–water partition coefficient (Wildman–Crippen LogP) is 3.80. The van der Waals surface area contributed by atoms with Crippen LogP contribution in [0.5, 0.6) is 17.2 Å². The van der Waals surface area contributed by atoms with Crippen LogP contribution in [0.25, 0.3) is 0 Å². The molecule has 0 amide bonds. The van der Waals surface area contributed by atoms with Crippen molar-refractivity contribution in [2.75, 3.05) is 21.3 Å². The van der Waals surface area contributed by atoms with Gasteiger partial charge in [-0.1, -0.05) is 28.9 Å². The Morgan fingerprint density at radius 3 is 2.17 bits per heavy atom. The second-order valence-electron chi connectivity index (χ2n) is 4.70. The van der Waals surface area contributed by atoms with E-state index < -0.39 is 0 Å². The van der Waals surface area contributed by atoms with E-state index in [1.807, 2.05) is 12.1 Å². The maximum atomic E-state index is 5.51. The Labute approximate surface area is 117 Å². The molecule has 100 valence electrons. The first kappa shape index (κ1) is 13.5. The molecule has 1 aliphatic rings. The number of hydrogen-bond acceptors (Lipinski definition) is 3. The van der Waals surface area contributed by atoms with E-state index in [4.69, 9.17) is 14.2 Å². The molecule has 0 radical (unpaired) electrons. The first-order valence-corrected chi connectivity index (χ1v) is 6.98. The Bertz CT molecular complexity index is 433. The standard InChI is InChI=1S/C14H19BrO3/c1-8-7-10(8)12(15)9-5-6-11(16-2)14(18-4)13(9)17-3/h5-6,8,10,12H,7H2,1-4H3. The van der Waals surface area contributed by atoms with Gasteiger partial charge in [0.1, 0.15) is 0 Å². The van der Waals surface area contributed by atoms with Crippen LogP contribution in [0, 0.1) is 11.8 Å². The van der Waals surface area contributed by atoms with Crippen LogP contribution < -0.4 is 14.2 Å². The Kier molecular flexibility index (Phi) is 4.05. The highest BCUT2D eigenvalue weighted by molar-refractivity contribution is 9.09. The molecule has 0 N–H and O–H groups in total. The van der Waals surface area contributed by atoms with Gasteiger partial charge in [-0.2, -0.15) is 0 Å².